The molecule has 2 amide bonds. The van der Waals surface area contributed by atoms with Gasteiger partial charge in [-0.05, 0) is 73.0 Å². The topological polar surface area (TPSA) is 96.9 Å². The van der Waals surface area contributed by atoms with Crippen molar-refractivity contribution in [2.75, 3.05) is 5.32 Å². The molecule has 156 valence electrons. The third-order valence-corrected chi connectivity index (χ3v) is 4.32. The van der Waals surface area contributed by atoms with Gasteiger partial charge in [-0.2, -0.15) is 5.10 Å². The highest BCUT2D eigenvalue weighted by atomic mass is 16.5. The molecule has 0 radical (unpaired) electrons. The number of carbonyl (C=O) groups excluding carboxylic acids is 3. The van der Waals surface area contributed by atoms with Gasteiger partial charge in [0, 0.05) is 5.69 Å². The lowest BCUT2D eigenvalue weighted by atomic mass is 10.1. The standard InChI is InChI=1S/C24H21N3O4/c1-16-6-5-8-19(14-16)26-22(28)23(29)27-25-15-18-10-12-20(13-11-18)31-24(30)21-9-4-3-7-17(21)2/h3-15H,1-2H3,(H,26,28)(H,27,29). The van der Waals surface area contributed by atoms with Gasteiger partial charge in [0.15, 0.2) is 0 Å². The number of hydrogen-bond donors (Lipinski definition) is 2. The number of hydrazone groups is 1. The zero-order valence-corrected chi connectivity index (χ0v) is 17.1. The molecule has 0 spiro atoms. The summed E-state index contributed by atoms with van der Waals surface area (Å²) in [6.45, 7) is 3.72. The van der Waals surface area contributed by atoms with Crippen LogP contribution >= 0.6 is 0 Å². The molecular formula is C24H21N3O4. The Morgan fingerprint density at radius 3 is 2.32 bits per heavy atom. The molecule has 0 aliphatic heterocycles. The Hall–Kier alpha value is -4.26. The summed E-state index contributed by atoms with van der Waals surface area (Å²) in [6, 6.07) is 20.8. The minimum Gasteiger partial charge on any atom is -0.423 e. The minimum atomic E-state index is -0.887. The Labute approximate surface area is 179 Å². The van der Waals surface area contributed by atoms with Gasteiger partial charge >= 0.3 is 17.8 Å². The van der Waals surface area contributed by atoms with Crippen molar-refractivity contribution >= 4 is 29.7 Å². The molecule has 0 saturated carbocycles. The molecule has 31 heavy (non-hydrogen) atoms. The van der Waals surface area contributed by atoms with E-state index in [2.05, 4.69) is 15.8 Å². The first kappa shape index (κ1) is 21.4. The second-order valence-electron chi connectivity index (χ2n) is 6.80. The van der Waals surface area contributed by atoms with Crippen LogP contribution in [-0.4, -0.2) is 24.0 Å². The number of amides is 2. The van der Waals surface area contributed by atoms with Crippen LogP contribution in [-0.2, 0) is 9.59 Å². The summed E-state index contributed by atoms with van der Waals surface area (Å²) in [6.07, 6.45) is 1.38. The number of rotatable bonds is 5. The first-order valence-corrected chi connectivity index (χ1v) is 9.51. The van der Waals surface area contributed by atoms with Crippen molar-refractivity contribution in [1.29, 1.82) is 0 Å². The minimum absolute atomic E-state index is 0.381. The smallest absolute Gasteiger partial charge is 0.343 e. The van der Waals surface area contributed by atoms with Crippen molar-refractivity contribution in [2.45, 2.75) is 13.8 Å². The summed E-state index contributed by atoms with van der Waals surface area (Å²) in [5.74, 6) is -1.76. The molecule has 2 N–H and O–H groups in total. The molecule has 3 rings (SSSR count). The van der Waals surface area contributed by atoms with E-state index in [9.17, 15) is 14.4 Å². The number of nitrogens with one attached hydrogen (secondary N) is 2. The average Bonchev–Trinajstić information content (AvgIpc) is 2.75. The van der Waals surface area contributed by atoms with Gasteiger partial charge in [0.1, 0.15) is 5.75 Å². The van der Waals surface area contributed by atoms with E-state index in [0.717, 1.165) is 11.1 Å². The van der Waals surface area contributed by atoms with Gasteiger partial charge in [-0.1, -0.05) is 30.3 Å². The van der Waals surface area contributed by atoms with E-state index in [1.54, 1.807) is 54.6 Å². The molecule has 0 atom stereocenters. The number of anilines is 1. The fourth-order valence-corrected chi connectivity index (χ4v) is 2.71. The molecule has 0 unspecified atom stereocenters. The fourth-order valence-electron chi connectivity index (χ4n) is 2.71. The SMILES string of the molecule is Cc1cccc(NC(=O)C(=O)NN=Cc2ccc(OC(=O)c3ccccc3C)cc2)c1. The number of hydrogen-bond acceptors (Lipinski definition) is 5. The summed E-state index contributed by atoms with van der Waals surface area (Å²) >= 11 is 0. The van der Waals surface area contributed by atoms with Gasteiger partial charge in [0.05, 0.1) is 11.8 Å². The zero-order valence-electron chi connectivity index (χ0n) is 17.1. The Bertz CT molecular complexity index is 1140. The van der Waals surface area contributed by atoms with E-state index in [4.69, 9.17) is 4.74 Å². The van der Waals surface area contributed by atoms with Gasteiger partial charge in [-0.3, -0.25) is 9.59 Å². The van der Waals surface area contributed by atoms with E-state index < -0.39 is 17.8 Å². The summed E-state index contributed by atoms with van der Waals surface area (Å²) in [7, 11) is 0. The van der Waals surface area contributed by atoms with Gasteiger partial charge in [-0.15, -0.1) is 0 Å². The summed E-state index contributed by atoms with van der Waals surface area (Å²) in [5.41, 5.74) is 5.64. The maximum atomic E-state index is 12.2. The number of ether oxygens (including phenoxy) is 1. The summed E-state index contributed by atoms with van der Waals surface area (Å²) in [4.78, 5) is 36.0. The third-order valence-electron chi connectivity index (χ3n) is 4.32. The number of carbonyl (C=O) groups is 3. The van der Waals surface area contributed by atoms with Crippen molar-refractivity contribution < 1.29 is 19.1 Å². The Morgan fingerprint density at radius 1 is 0.871 bits per heavy atom. The van der Waals surface area contributed by atoms with Crippen LogP contribution in [0.25, 0.3) is 0 Å². The molecule has 3 aromatic rings. The molecule has 7 heteroatoms. The summed E-state index contributed by atoms with van der Waals surface area (Å²) in [5, 5.41) is 6.28. The van der Waals surface area contributed by atoms with Crippen LogP contribution in [0.2, 0.25) is 0 Å². The lowest BCUT2D eigenvalue weighted by Crippen LogP contribution is -2.32. The van der Waals surface area contributed by atoms with E-state index in [0.29, 0.717) is 22.6 Å². The van der Waals surface area contributed by atoms with Gasteiger partial charge in [0.25, 0.3) is 0 Å². The fraction of sp³-hybridized carbons (Fsp3) is 0.0833. The van der Waals surface area contributed by atoms with Crippen molar-refractivity contribution in [3.05, 3.63) is 95.1 Å². The van der Waals surface area contributed by atoms with Crippen molar-refractivity contribution in [2.24, 2.45) is 5.10 Å². The first-order valence-electron chi connectivity index (χ1n) is 9.51. The predicted molar refractivity (Wildman–Crippen MR) is 118 cm³/mol. The molecular weight excluding hydrogens is 394 g/mol. The first-order chi connectivity index (χ1) is 14.9. The second-order valence-corrected chi connectivity index (χ2v) is 6.80. The van der Waals surface area contributed by atoms with Crippen LogP contribution in [0, 0.1) is 13.8 Å². The molecule has 0 fully saturated rings. The van der Waals surface area contributed by atoms with Crippen molar-refractivity contribution in [1.82, 2.24) is 5.43 Å². The molecule has 0 aliphatic carbocycles. The van der Waals surface area contributed by atoms with E-state index in [1.807, 2.05) is 32.0 Å². The number of benzene rings is 3. The Morgan fingerprint density at radius 2 is 1.61 bits per heavy atom. The molecule has 0 saturated heterocycles. The number of nitrogens with zero attached hydrogens (tertiary/aromatic N) is 1. The molecule has 7 nitrogen and oxygen atoms in total. The van der Waals surface area contributed by atoms with E-state index >= 15 is 0 Å². The van der Waals surface area contributed by atoms with Crippen LogP contribution in [0.1, 0.15) is 27.0 Å². The van der Waals surface area contributed by atoms with E-state index in [1.165, 1.54) is 6.21 Å². The predicted octanol–water partition coefficient (Wildman–Crippen LogP) is 3.61. The lowest BCUT2D eigenvalue weighted by molar-refractivity contribution is -0.136. The molecule has 3 aromatic carbocycles. The van der Waals surface area contributed by atoms with Gasteiger partial charge in [-0.25, -0.2) is 10.2 Å². The average molecular weight is 415 g/mol. The quantitative estimate of drug-likeness (QED) is 0.219. The maximum Gasteiger partial charge on any atom is 0.343 e. The normalized spacial score (nSPS) is 10.5. The number of aryl methyl sites for hydroxylation is 2. The molecule has 0 aliphatic rings. The lowest BCUT2D eigenvalue weighted by Gasteiger charge is -2.06. The molecule has 0 heterocycles. The zero-order chi connectivity index (χ0) is 22.2. The largest absolute Gasteiger partial charge is 0.423 e. The van der Waals surface area contributed by atoms with Crippen molar-refractivity contribution in [3.63, 3.8) is 0 Å². The molecule has 0 bridgehead atoms. The van der Waals surface area contributed by atoms with E-state index in [-0.39, 0.29) is 0 Å². The van der Waals surface area contributed by atoms with Crippen LogP contribution < -0.4 is 15.5 Å². The highest BCUT2D eigenvalue weighted by Crippen LogP contribution is 2.15. The Balaban J connectivity index is 1.52. The highest BCUT2D eigenvalue weighted by Gasteiger charge is 2.13. The summed E-state index contributed by atoms with van der Waals surface area (Å²) < 4.78 is 5.37. The van der Waals surface area contributed by atoms with Crippen LogP contribution in [0.3, 0.4) is 0 Å². The monoisotopic (exact) mass is 415 g/mol. The highest BCUT2D eigenvalue weighted by molar-refractivity contribution is 6.39. The Kier molecular flexibility index (Phi) is 6.90. The second kappa shape index (κ2) is 9.98. The van der Waals surface area contributed by atoms with Crippen LogP contribution in [0.4, 0.5) is 5.69 Å². The van der Waals surface area contributed by atoms with Gasteiger partial charge < -0.3 is 10.1 Å². The van der Waals surface area contributed by atoms with Gasteiger partial charge in [0.2, 0.25) is 0 Å². The third kappa shape index (κ3) is 6.11. The van der Waals surface area contributed by atoms with Crippen LogP contribution in [0.15, 0.2) is 77.9 Å². The number of esters is 1. The molecule has 0 aromatic heterocycles. The van der Waals surface area contributed by atoms with Crippen LogP contribution in [0.5, 0.6) is 5.75 Å². The maximum absolute atomic E-state index is 12.2. The van der Waals surface area contributed by atoms with Crippen molar-refractivity contribution in [3.8, 4) is 5.75 Å².